The summed E-state index contributed by atoms with van der Waals surface area (Å²) in [5, 5.41) is 2.92. The first-order valence-corrected chi connectivity index (χ1v) is 9.09. The molecular weight excluding hydrogens is 323 g/mol. The summed E-state index contributed by atoms with van der Waals surface area (Å²) in [7, 11) is 0. The van der Waals surface area contributed by atoms with Gasteiger partial charge in [-0.3, -0.25) is 9.59 Å². The van der Waals surface area contributed by atoms with Gasteiger partial charge in [-0.2, -0.15) is 0 Å². The van der Waals surface area contributed by atoms with Gasteiger partial charge in [0.05, 0.1) is 0 Å². The highest BCUT2D eigenvalue weighted by molar-refractivity contribution is 5.89. The fourth-order valence-corrected chi connectivity index (χ4v) is 3.52. The first-order valence-electron chi connectivity index (χ1n) is 9.09. The van der Waals surface area contributed by atoms with Crippen molar-refractivity contribution in [2.75, 3.05) is 19.7 Å². The van der Waals surface area contributed by atoms with Gasteiger partial charge in [-0.1, -0.05) is 12.1 Å². The van der Waals surface area contributed by atoms with Crippen LogP contribution in [0.4, 0.5) is 4.39 Å². The maximum Gasteiger partial charge on any atom is 0.252 e. The van der Waals surface area contributed by atoms with Gasteiger partial charge in [0.25, 0.3) is 5.91 Å². The third kappa shape index (κ3) is 4.57. The largest absolute Gasteiger partial charge is 0.368 e. The molecule has 2 heterocycles. The molecule has 3 rings (SSSR count). The lowest BCUT2D eigenvalue weighted by Gasteiger charge is -2.36. The zero-order chi connectivity index (χ0) is 17.6. The molecule has 0 aromatic heterocycles. The van der Waals surface area contributed by atoms with Crippen molar-refractivity contribution in [1.29, 1.82) is 0 Å². The average Bonchev–Trinajstić information content (AvgIpc) is 3.17. The first-order chi connectivity index (χ1) is 12.1. The van der Waals surface area contributed by atoms with Crippen LogP contribution >= 0.6 is 0 Å². The fraction of sp³-hybridized carbons (Fsp3) is 0.579. The minimum Gasteiger partial charge on any atom is -0.368 e. The van der Waals surface area contributed by atoms with Crippen LogP contribution in [-0.2, 0) is 20.7 Å². The molecule has 2 saturated heterocycles. The number of hydrogen-bond donors (Lipinski definition) is 1. The van der Waals surface area contributed by atoms with Gasteiger partial charge in [0.1, 0.15) is 18.0 Å². The van der Waals surface area contributed by atoms with E-state index in [1.165, 1.54) is 12.1 Å². The number of rotatable bonds is 5. The summed E-state index contributed by atoms with van der Waals surface area (Å²) in [6, 6.07) is 5.87. The lowest BCUT2D eigenvalue weighted by molar-refractivity contribution is -0.149. The van der Waals surface area contributed by atoms with E-state index < -0.39 is 6.04 Å². The third-order valence-electron chi connectivity index (χ3n) is 4.92. The summed E-state index contributed by atoms with van der Waals surface area (Å²) < 4.78 is 18.4. The van der Waals surface area contributed by atoms with E-state index in [4.69, 9.17) is 4.74 Å². The van der Waals surface area contributed by atoms with Crippen molar-refractivity contribution in [1.82, 2.24) is 10.2 Å². The van der Waals surface area contributed by atoms with Gasteiger partial charge in [0, 0.05) is 19.7 Å². The van der Waals surface area contributed by atoms with Gasteiger partial charge in [-0.15, -0.1) is 0 Å². The number of halogens is 1. The highest BCUT2D eigenvalue weighted by atomic mass is 19.1. The van der Waals surface area contributed by atoms with Crippen LogP contribution in [0.1, 0.15) is 37.7 Å². The van der Waals surface area contributed by atoms with Crippen molar-refractivity contribution in [3.63, 3.8) is 0 Å². The fourth-order valence-electron chi connectivity index (χ4n) is 3.52. The molecule has 1 aromatic rings. The van der Waals surface area contributed by atoms with Crippen molar-refractivity contribution in [3.05, 3.63) is 35.6 Å². The number of nitrogens with one attached hydrogen (secondary N) is 1. The molecule has 0 spiro atoms. The zero-order valence-corrected chi connectivity index (χ0v) is 14.4. The van der Waals surface area contributed by atoms with Crippen molar-refractivity contribution < 1.29 is 18.7 Å². The number of carbonyl (C=O) groups is 2. The Hall–Kier alpha value is -1.95. The summed E-state index contributed by atoms with van der Waals surface area (Å²) in [5.74, 6) is -0.415. The summed E-state index contributed by atoms with van der Waals surface area (Å²) >= 11 is 0. The molecule has 0 radical (unpaired) electrons. The van der Waals surface area contributed by atoms with E-state index in [1.807, 2.05) is 0 Å². The van der Waals surface area contributed by atoms with Crippen LogP contribution in [0.15, 0.2) is 24.3 Å². The molecule has 0 saturated carbocycles. The van der Waals surface area contributed by atoms with E-state index in [0.717, 1.165) is 31.2 Å². The minimum atomic E-state index is -0.404. The third-order valence-corrected chi connectivity index (χ3v) is 4.92. The van der Waals surface area contributed by atoms with Gasteiger partial charge in [0.15, 0.2) is 0 Å². The van der Waals surface area contributed by atoms with E-state index in [1.54, 1.807) is 17.0 Å². The molecule has 1 N–H and O–H groups in total. The van der Waals surface area contributed by atoms with Crippen molar-refractivity contribution in [2.45, 2.75) is 50.7 Å². The molecule has 2 aliphatic heterocycles. The molecule has 0 bridgehead atoms. The Morgan fingerprint density at radius 3 is 2.68 bits per heavy atom. The number of likely N-dealkylation sites (tertiary alicyclic amines) is 1. The minimum absolute atomic E-state index is 0.0455. The highest BCUT2D eigenvalue weighted by Crippen LogP contribution is 2.22. The molecule has 2 fully saturated rings. The second kappa shape index (κ2) is 8.43. The quantitative estimate of drug-likeness (QED) is 0.886. The van der Waals surface area contributed by atoms with Crippen LogP contribution < -0.4 is 5.32 Å². The topological polar surface area (TPSA) is 58.6 Å². The molecule has 136 valence electrons. The summed E-state index contributed by atoms with van der Waals surface area (Å²) in [5.41, 5.74) is 0.970. The van der Waals surface area contributed by atoms with Crippen LogP contribution in [0.25, 0.3) is 0 Å². The van der Waals surface area contributed by atoms with E-state index in [2.05, 4.69) is 5.32 Å². The molecule has 25 heavy (non-hydrogen) atoms. The van der Waals surface area contributed by atoms with E-state index in [0.29, 0.717) is 32.5 Å². The van der Waals surface area contributed by atoms with Gasteiger partial charge in [-0.05, 0) is 56.2 Å². The first kappa shape index (κ1) is 17.9. The predicted molar refractivity (Wildman–Crippen MR) is 91.4 cm³/mol. The lowest BCUT2D eigenvalue weighted by atomic mass is 10.00. The van der Waals surface area contributed by atoms with Crippen LogP contribution in [0.5, 0.6) is 0 Å². The Morgan fingerprint density at radius 2 is 1.96 bits per heavy atom. The SMILES string of the molecule is O=C(NCCc1ccc(F)cc1)C1CCCCN1C(=O)C1CCCO1. The van der Waals surface area contributed by atoms with Gasteiger partial charge < -0.3 is 15.0 Å². The Balaban J connectivity index is 1.53. The second-order valence-corrected chi connectivity index (χ2v) is 6.71. The summed E-state index contributed by atoms with van der Waals surface area (Å²) in [4.78, 5) is 26.9. The lowest BCUT2D eigenvalue weighted by Crippen LogP contribution is -2.54. The van der Waals surface area contributed by atoms with E-state index in [-0.39, 0.29) is 23.7 Å². The summed E-state index contributed by atoms with van der Waals surface area (Å²) in [6.45, 7) is 1.72. The Bertz CT molecular complexity index is 599. The van der Waals surface area contributed by atoms with Gasteiger partial charge >= 0.3 is 0 Å². The monoisotopic (exact) mass is 348 g/mol. The predicted octanol–water partition coefficient (Wildman–Crippen LogP) is 2.04. The molecule has 2 atom stereocenters. The second-order valence-electron chi connectivity index (χ2n) is 6.71. The Morgan fingerprint density at radius 1 is 1.16 bits per heavy atom. The molecule has 2 aliphatic rings. The molecule has 2 unspecified atom stereocenters. The smallest absolute Gasteiger partial charge is 0.252 e. The van der Waals surface area contributed by atoms with Crippen molar-refractivity contribution >= 4 is 11.8 Å². The standard InChI is InChI=1S/C19H25FN2O3/c20-15-8-6-14(7-9-15)10-11-21-18(23)16-4-1-2-12-22(16)19(24)17-5-3-13-25-17/h6-9,16-17H,1-5,10-13H2,(H,21,23). The van der Waals surface area contributed by atoms with Crippen molar-refractivity contribution in [3.8, 4) is 0 Å². The van der Waals surface area contributed by atoms with Crippen LogP contribution in [0, 0.1) is 5.82 Å². The highest BCUT2D eigenvalue weighted by Gasteiger charge is 2.36. The Kier molecular flexibility index (Phi) is 6.02. The number of nitrogens with zero attached hydrogens (tertiary/aromatic N) is 1. The number of carbonyl (C=O) groups excluding carboxylic acids is 2. The molecule has 0 aliphatic carbocycles. The van der Waals surface area contributed by atoms with Crippen LogP contribution in [0.3, 0.4) is 0 Å². The number of piperidine rings is 1. The maximum absolute atomic E-state index is 12.9. The normalized spacial score (nSPS) is 23.5. The summed E-state index contributed by atoms with van der Waals surface area (Å²) in [6.07, 6.45) is 4.47. The number of amides is 2. The van der Waals surface area contributed by atoms with Crippen LogP contribution in [-0.4, -0.2) is 48.6 Å². The molecule has 6 heteroatoms. The van der Waals surface area contributed by atoms with Gasteiger partial charge in [0.2, 0.25) is 5.91 Å². The maximum atomic E-state index is 12.9. The number of hydrogen-bond acceptors (Lipinski definition) is 3. The van der Waals surface area contributed by atoms with E-state index in [9.17, 15) is 14.0 Å². The number of benzene rings is 1. The molecule has 5 nitrogen and oxygen atoms in total. The zero-order valence-electron chi connectivity index (χ0n) is 14.4. The van der Waals surface area contributed by atoms with Crippen molar-refractivity contribution in [2.24, 2.45) is 0 Å². The molecular formula is C19H25FN2O3. The molecule has 2 amide bonds. The van der Waals surface area contributed by atoms with E-state index >= 15 is 0 Å². The molecule has 1 aromatic carbocycles. The Labute approximate surface area is 147 Å². The average molecular weight is 348 g/mol. The van der Waals surface area contributed by atoms with Gasteiger partial charge in [-0.25, -0.2) is 4.39 Å². The number of ether oxygens (including phenoxy) is 1. The van der Waals surface area contributed by atoms with Crippen LogP contribution in [0.2, 0.25) is 0 Å².